The standard InChI is InChI=1S/C25H28BrF3N6S/c1-35(2)22-18-5-3-4-6-20(18)32-23(34-22)31-17-10-7-15(8-11-17)14-30-24(36)33-21-12-9-16(26)13-19(21)25(27,28)29/h3-6,9,12-13,15,17H,7-8,10-11,14H2,1-2H3,(H2,30,33,36)(H,31,32,34). The summed E-state index contributed by atoms with van der Waals surface area (Å²) in [6, 6.07) is 12.2. The highest BCUT2D eigenvalue weighted by Gasteiger charge is 2.34. The predicted octanol–water partition coefficient (Wildman–Crippen LogP) is 6.43. The number of para-hydroxylation sites is 1. The van der Waals surface area contributed by atoms with Crippen LogP contribution in [-0.2, 0) is 6.18 Å². The molecule has 3 aromatic rings. The zero-order chi connectivity index (χ0) is 25.9. The lowest BCUT2D eigenvalue weighted by atomic mass is 9.86. The number of hydrogen-bond acceptors (Lipinski definition) is 5. The van der Waals surface area contributed by atoms with Gasteiger partial charge < -0.3 is 20.9 Å². The summed E-state index contributed by atoms with van der Waals surface area (Å²) in [6.07, 6.45) is -0.647. The largest absolute Gasteiger partial charge is 0.418 e. The van der Waals surface area contributed by atoms with E-state index in [0.29, 0.717) is 22.9 Å². The minimum Gasteiger partial charge on any atom is -0.362 e. The van der Waals surface area contributed by atoms with E-state index in [9.17, 15) is 13.2 Å². The van der Waals surface area contributed by atoms with E-state index >= 15 is 0 Å². The molecule has 3 N–H and O–H groups in total. The van der Waals surface area contributed by atoms with Crippen LogP contribution >= 0.6 is 28.1 Å². The van der Waals surface area contributed by atoms with Crippen molar-refractivity contribution >= 4 is 61.6 Å². The molecule has 36 heavy (non-hydrogen) atoms. The molecule has 1 aliphatic rings. The Balaban J connectivity index is 1.29. The molecular weight excluding hydrogens is 553 g/mol. The summed E-state index contributed by atoms with van der Waals surface area (Å²) in [7, 11) is 3.94. The molecule has 6 nitrogen and oxygen atoms in total. The molecule has 4 rings (SSSR count). The van der Waals surface area contributed by atoms with E-state index in [1.165, 1.54) is 6.07 Å². The first-order chi connectivity index (χ1) is 17.1. The van der Waals surface area contributed by atoms with Crippen molar-refractivity contribution in [2.24, 2.45) is 5.92 Å². The summed E-state index contributed by atoms with van der Waals surface area (Å²) >= 11 is 8.36. The normalized spacial score (nSPS) is 18.1. The molecule has 1 aromatic heterocycles. The molecule has 1 heterocycles. The summed E-state index contributed by atoms with van der Waals surface area (Å²) in [5.41, 5.74) is 0.0709. The number of aromatic nitrogens is 2. The number of halogens is 4. The van der Waals surface area contributed by atoms with Crippen LogP contribution in [-0.4, -0.2) is 41.8 Å². The van der Waals surface area contributed by atoms with Gasteiger partial charge in [-0.3, -0.25) is 0 Å². The number of nitrogens with zero attached hydrogens (tertiary/aromatic N) is 3. The van der Waals surface area contributed by atoms with Crippen LogP contribution in [0.25, 0.3) is 10.9 Å². The Morgan fingerprint density at radius 2 is 1.81 bits per heavy atom. The van der Waals surface area contributed by atoms with E-state index in [-0.39, 0.29) is 16.8 Å². The van der Waals surface area contributed by atoms with Crippen LogP contribution < -0.4 is 20.9 Å². The summed E-state index contributed by atoms with van der Waals surface area (Å²) in [6.45, 7) is 0.605. The topological polar surface area (TPSA) is 65.1 Å². The van der Waals surface area contributed by atoms with Gasteiger partial charge in [0.2, 0.25) is 5.95 Å². The van der Waals surface area contributed by atoms with Crippen molar-refractivity contribution in [3.8, 4) is 0 Å². The molecule has 0 unspecified atom stereocenters. The lowest BCUT2D eigenvalue weighted by Gasteiger charge is -2.30. The highest BCUT2D eigenvalue weighted by molar-refractivity contribution is 9.10. The van der Waals surface area contributed by atoms with Crippen molar-refractivity contribution in [3.63, 3.8) is 0 Å². The number of rotatable bonds is 6. The van der Waals surface area contributed by atoms with E-state index in [0.717, 1.165) is 48.5 Å². The summed E-state index contributed by atoms with van der Waals surface area (Å²) in [4.78, 5) is 11.4. The third kappa shape index (κ3) is 6.56. The van der Waals surface area contributed by atoms with Gasteiger partial charge in [-0.25, -0.2) is 4.98 Å². The molecule has 0 amide bonds. The lowest BCUT2D eigenvalue weighted by molar-refractivity contribution is -0.136. The minimum absolute atomic E-state index is 0.0661. The zero-order valence-electron chi connectivity index (χ0n) is 20.0. The molecule has 0 saturated heterocycles. The van der Waals surface area contributed by atoms with E-state index in [1.807, 2.05) is 43.3 Å². The molecule has 1 fully saturated rings. The Morgan fingerprint density at radius 1 is 1.08 bits per heavy atom. The van der Waals surface area contributed by atoms with Gasteiger partial charge in [-0.1, -0.05) is 28.1 Å². The summed E-state index contributed by atoms with van der Waals surface area (Å²) in [5, 5.41) is 10.5. The molecule has 0 radical (unpaired) electrons. The second-order valence-electron chi connectivity index (χ2n) is 9.17. The smallest absolute Gasteiger partial charge is 0.362 e. The quantitative estimate of drug-likeness (QED) is 0.290. The number of anilines is 3. The lowest BCUT2D eigenvalue weighted by Crippen LogP contribution is -2.36. The van der Waals surface area contributed by atoms with Crippen LogP contribution in [0.3, 0.4) is 0 Å². The first-order valence-corrected chi connectivity index (χ1v) is 12.9. The van der Waals surface area contributed by atoms with Gasteiger partial charge in [-0.15, -0.1) is 0 Å². The van der Waals surface area contributed by atoms with Gasteiger partial charge in [-0.2, -0.15) is 18.2 Å². The van der Waals surface area contributed by atoms with Crippen molar-refractivity contribution < 1.29 is 13.2 Å². The average Bonchev–Trinajstić information content (AvgIpc) is 2.83. The Morgan fingerprint density at radius 3 is 2.50 bits per heavy atom. The Labute approximate surface area is 222 Å². The van der Waals surface area contributed by atoms with Gasteiger partial charge >= 0.3 is 6.18 Å². The number of alkyl halides is 3. The first kappa shape index (κ1) is 26.4. The van der Waals surface area contributed by atoms with Crippen LogP contribution in [0.2, 0.25) is 0 Å². The Bertz CT molecular complexity index is 1230. The van der Waals surface area contributed by atoms with E-state index in [1.54, 1.807) is 6.07 Å². The molecule has 2 aromatic carbocycles. The van der Waals surface area contributed by atoms with Crippen molar-refractivity contribution in [2.45, 2.75) is 37.9 Å². The maximum atomic E-state index is 13.3. The molecule has 192 valence electrons. The second-order valence-corrected chi connectivity index (χ2v) is 10.5. The van der Waals surface area contributed by atoms with Crippen LogP contribution in [0.4, 0.5) is 30.6 Å². The SMILES string of the molecule is CN(C)c1nc(NC2CCC(CNC(=S)Nc3ccc(Br)cc3C(F)(F)F)CC2)nc2ccccc12. The maximum absolute atomic E-state index is 13.3. The predicted molar refractivity (Wildman–Crippen MR) is 147 cm³/mol. The maximum Gasteiger partial charge on any atom is 0.418 e. The summed E-state index contributed by atoms with van der Waals surface area (Å²) in [5.74, 6) is 1.88. The van der Waals surface area contributed by atoms with Crippen LogP contribution in [0.1, 0.15) is 31.2 Å². The molecule has 1 saturated carbocycles. The highest BCUT2D eigenvalue weighted by atomic mass is 79.9. The van der Waals surface area contributed by atoms with Crippen LogP contribution in [0, 0.1) is 5.92 Å². The fourth-order valence-electron chi connectivity index (χ4n) is 4.42. The summed E-state index contributed by atoms with van der Waals surface area (Å²) < 4.78 is 40.4. The van der Waals surface area contributed by atoms with E-state index in [2.05, 4.69) is 31.9 Å². The number of hydrogen-bond donors (Lipinski definition) is 3. The van der Waals surface area contributed by atoms with E-state index in [4.69, 9.17) is 22.2 Å². The van der Waals surface area contributed by atoms with Gasteiger partial charge in [0, 0.05) is 36.5 Å². The number of benzene rings is 2. The monoisotopic (exact) mass is 580 g/mol. The Hall–Kier alpha value is -2.66. The first-order valence-electron chi connectivity index (χ1n) is 11.7. The van der Waals surface area contributed by atoms with Gasteiger partial charge in [0.1, 0.15) is 5.82 Å². The molecular formula is C25H28BrF3N6S. The number of fused-ring (bicyclic) bond motifs is 1. The van der Waals surface area contributed by atoms with Crippen LogP contribution in [0.5, 0.6) is 0 Å². The van der Waals surface area contributed by atoms with Crippen molar-refractivity contribution in [1.82, 2.24) is 15.3 Å². The molecule has 11 heteroatoms. The molecule has 1 aliphatic carbocycles. The third-order valence-electron chi connectivity index (χ3n) is 6.27. The van der Waals surface area contributed by atoms with Crippen LogP contribution in [0.15, 0.2) is 46.9 Å². The molecule has 0 aliphatic heterocycles. The molecule has 0 bridgehead atoms. The Kier molecular flexibility index (Phi) is 8.19. The van der Waals surface area contributed by atoms with Crippen molar-refractivity contribution in [2.75, 3.05) is 36.2 Å². The van der Waals surface area contributed by atoms with Gasteiger partial charge in [0.05, 0.1) is 16.8 Å². The molecule has 0 spiro atoms. The minimum atomic E-state index is -4.48. The number of nitrogens with one attached hydrogen (secondary N) is 3. The fourth-order valence-corrected chi connectivity index (χ4v) is 4.98. The second kappa shape index (κ2) is 11.2. The van der Waals surface area contributed by atoms with Gasteiger partial charge in [0.25, 0.3) is 0 Å². The third-order valence-corrected chi connectivity index (χ3v) is 7.01. The van der Waals surface area contributed by atoms with Gasteiger partial charge in [0.15, 0.2) is 5.11 Å². The van der Waals surface area contributed by atoms with E-state index < -0.39 is 11.7 Å². The number of thiocarbonyl (C=S) groups is 1. The average molecular weight is 582 g/mol. The molecule has 0 atom stereocenters. The van der Waals surface area contributed by atoms with Gasteiger partial charge in [-0.05, 0) is 74.2 Å². The zero-order valence-corrected chi connectivity index (χ0v) is 22.4. The highest BCUT2D eigenvalue weighted by Crippen LogP contribution is 2.36. The van der Waals surface area contributed by atoms with Crippen molar-refractivity contribution in [1.29, 1.82) is 0 Å². The fraction of sp³-hybridized carbons (Fsp3) is 0.400. The van der Waals surface area contributed by atoms with Crippen molar-refractivity contribution in [3.05, 3.63) is 52.5 Å².